The van der Waals surface area contributed by atoms with Crippen LogP contribution in [0.1, 0.15) is 17.3 Å². The quantitative estimate of drug-likeness (QED) is 0.729. The number of aromatic nitrogens is 4. The predicted octanol–water partition coefficient (Wildman–Crippen LogP) is 0.354. The molecule has 0 saturated carbocycles. The van der Waals surface area contributed by atoms with Crippen LogP contribution in [-0.2, 0) is 4.74 Å². The average molecular weight is 221 g/mol. The number of aromatic amines is 1. The fourth-order valence-corrected chi connectivity index (χ4v) is 1.25. The van der Waals surface area contributed by atoms with Crippen molar-refractivity contribution in [2.75, 3.05) is 12.3 Å². The fourth-order valence-electron chi connectivity index (χ4n) is 1.25. The van der Waals surface area contributed by atoms with Crippen molar-refractivity contribution >= 4 is 11.8 Å². The summed E-state index contributed by atoms with van der Waals surface area (Å²) in [7, 11) is 0. The first-order chi connectivity index (χ1) is 7.72. The Balaban J connectivity index is 2.32. The summed E-state index contributed by atoms with van der Waals surface area (Å²) >= 11 is 0. The summed E-state index contributed by atoms with van der Waals surface area (Å²) in [4.78, 5) is 11.5. The van der Waals surface area contributed by atoms with E-state index in [4.69, 9.17) is 10.5 Å². The van der Waals surface area contributed by atoms with E-state index in [1.54, 1.807) is 19.2 Å². The highest BCUT2D eigenvalue weighted by Crippen LogP contribution is 2.13. The maximum atomic E-state index is 11.5. The van der Waals surface area contributed by atoms with Crippen LogP contribution in [0.15, 0.2) is 18.5 Å². The van der Waals surface area contributed by atoms with Gasteiger partial charge in [0.2, 0.25) is 0 Å². The number of hydrogen-bond donors (Lipinski definition) is 2. The van der Waals surface area contributed by atoms with Crippen LogP contribution in [0.2, 0.25) is 0 Å². The average Bonchev–Trinajstić information content (AvgIpc) is 2.86. The second-order valence-corrected chi connectivity index (χ2v) is 3.03. The van der Waals surface area contributed by atoms with Gasteiger partial charge in [0.25, 0.3) is 0 Å². The molecule has 2 aromatic heterocycles. The number of ether oxygens (including phenoxy) is 1. The van der Waals surface area contributed by atoms with Gasteiger partial charge in [0.15, 0.2) is 5.82 Å². The lowest BCUT2D eigenvalue weighted by Crippen LogP contribution is -2.05. The molecule has 0 unspecified atom stereocenters. The Morgan fingerprint density at radius 2 is 2.50 bits per heavy atom. The first kappa shape index (κ1) is 10.2. The Kier molecular flexibility index (Phi) is 2.59. The number of anilines is 1. The molecule has 0 aliphatic carbocycles. The summed E-state index contributed by atoms with van der Waals surface area (Å²) in [6.45, 7) is 2.03. The van der Waals surface area contributed by atoms with E-state index in [1.807, 2.05) is 0 Å². The number of carbonyl (C=O) groups excluding carboxylic acids is 1. The van der Waals surface area contributed by atoms with Crippen molar-refractivity contribution in [1.29, 1.82) is 0 Å². The van der Waals surface area contributed by atoms with Crippen LogP contribution in [0.25, 0.3) is 5.82 Å². The first-order valence-corrected chi connectivity index (χ1v) is 4.74. The monoisotopic (exact) mass is 221 g/mol. The van der Waals surface area contributed by atoms with Gasteiger partial charge in [-0.2, -0.15) is 5.10 Å². The molecule has 0 aliphatic rings. The molecule has 84 valence electrons. The molecule has 0 saturated heterocycles. The lowest BCUT2D eigenvalue weighted by molar-refractivity contribution is 0.0527. The van der Waals surface area contributed by atoms with Crippen LogP contribution < -0.4 is 5.73 Å². The summed E-state index contributed by atoms with van der Waals surface area (Å²) < 4.78 is 6.28. The third-order valence-electron chi connectivity index (χ3n) is 1.97. The Hall–Kier alpha value is -2.31. The number of esters is 1. The smallest absolute Gasteiger partial charge is 0.343 e. The van der Waals surface area contributed by atoms with Crippen molar-refractivity contribution in [1.82, 2.24) is 20.0 Å². The number of carbonyl (C=O) groups is 1. The molecule has 7 nitrogen and oxygen atoms in total. The highest BCUT2D eigenvalue weighted by atomic mass is 16.5. The molecular weight excluding hydrogens is 210 g/mol. The van der Waals surface area contributed by atoms with Gasteiger partial charge in [-0.05, 0) is 6.92 Å². The molecule has 0 fully saturated rings. The van der Waals surface area contributed by atoms with Gasteiger partial charge in [-0.15, -0.1) is 5.10 Å². The third kappa shape index (κ3) is 1.74. The molecule has 0 aromatic carbocycles. The summed E-state index contributed by atoms with van der Waals surface area (Å²) in [5, 5.41) is 10.5. The Morgan fingerprint density at radius 3 is 3.12 bits per heavy atom. The second kappa shape index (κ2) is 4.05. The summed E-state index contributed by atoms with van der Waals surface area (Å²) in [6.07, 6.45) is 3.08. The van der Waals surface area contributed by atoms with E-state index in [1.165, 1.54) is 10.9 Å². The van der Waals surface area contributed by atoms with E-state index in [0.29, 0.717) is 12.4 Å². The van der Waals surface area contributed by atoms with Gasteiger partial charge >= 0.3 is 5.97 Å². The molecule has 0 spiro atoms. The minimum Gasteiger partial charge on any atom is -0.462 e. The summed E-state index contributed by atoms with van der Waals surface area (Å²) in [6, 6.07) is 1.71. The molecule has 7 heteroatoms. The van der Waals surface area contributed by atoms with Crippen LogP contribution in [0.3, 0.4) is 0 Å². The lowest BCUT2D eigenvalue weighted by atomic mass is 10.3. The van der Waals surface area contributed by atoms with E-state index in [2.05, 4.69) is 15.3 Å². The van der Waals surface area contributed by atoms with Crippen LogP contribution in [0.5, 0.6) is 0 Å². The Bertz CT molecular complexity index is 488. The van der Waals surface area contributed by atoms with E-state index in [-0.39, 0.29) is 11.4 Å². The fraction of sp³-hybridized carbons (Fsp3) is 0.222. The van der Waals surface area contributed by atoms with Crippen molar-refractivity contribution in [2.45, 2.75) is 6.92 Å². The van der Waals surface area contributed by atoms with Gasteiger partial charge in [0.05, 0.1) is 12.8 Å². The van der Waals surface area contributed by atoms with Crippen molar-refractivity contribution in [3.63, 3.8) is 0 Å². The SMILES string of the molecule is CCOC(=O)c1cn(-c2ccn[nH]2)nc1N. The minimum atomic E-state index is -0.481. The van der Waals surface area contributed by atoms with Gasteiger partial charge < -0.3 is 10.5 Å². The third-order valence-corrected chi connectivity index (χ3v) is 1.97. The molecule has 3 N–H and O–H groups in total. The van der Waals surface area contributed by atoms with Gasteiger partial charge in [-0.25, -0.2) is 9.48 Å². The van der Waals surface area contributed by atoms with E-state index in [0.717, 1.165) is 0 Å². The van der Waals surface area contributed by atoms with Crippen molar-refractivity contribution in [3.05, 3.63) is 24.0 Å². The van der Waals surface area contributed by atoms with Crippen LogP contribution in [-0.4, -0.2) is 32.6 Å². The maximum absolute atomic E-state index is 11.5. The van der Waals surface area contributed by atoms with Gasteiger partial charge in [0.1, 0.15) is 11.4 Å². The first-order valence-electron chi connectivity index (χ1n) is 4.74. The molecule has 16 heavy (non-hydrogen) atoms. The van der Waals surface area contributed by atoms with Crippen molar-refractivity contribution in [3.8, 4) is 5.82 Å². The molecule has 2 rings (SSSR count). The van der Waals surface area contributed by atoms with Crippen LogP contribution >= 0.6 is 0 Å². The number of nitrogen functional groups attached to an aromatic ring is 1. The number of hydrogen-bond acceptors (Lipinski definition) is 5. The largest absolute Gasteiger partial charge is 0.462 e. The number of rotatable bonds is 3. The molecule has 0 bridgehead atoms. The van der Waals surface area contributed by atoms with E-state index < -0.39 is 5.97 Å². The van der Waals surface area contributed by atoms with E-state index in [9.17, 15) is 4.79 Å². The highest BCUT2D eigenvalue weighted by molar-refractivity contribution is 5.93. The topological polar surface area (TPSA) is 98.8 Å². The normalized spacial score (nSPS) is 10.3. The van der Waals surface area contributed by atoms with Crippen molar-refractivity contribution in [2.24, 2.45) is 0 Å². The highest BCUT2D eigenvalue weighted by Gasteiger charge is 2.16. The number of nitrogens with two attached hydrogens (primary N) is 1. The van der Waals surface area contributed by atoms with Crippen LogP contribution in [0.4, 0.5) is 5.82 Å². The summed E-state index contributed by atoms with van der Waals surface area (Å²) in [5.74, 6) is 0.279. The lowest BCUT2D eigenvalue weighted by Gasteiger charge is -1.97. The predicted molar refractivity (Wildman–Crippen MR) is 56.1 cm³/mol. The van der Waals surface area contributed by atoms with Crippen molar-refractivity contribution < 1.29 is 9.53 Å². The number of H-pyrrole nitrogens is 1. The molecule has 2 heterocycles. The Labute approximate surface area is 91.2 Å². The number of nitrogens with zero attached hydrogens (tertiary/aromatic N) is 3. The van der Waals surface area contributed by atoms with E-state index >= 15 is 0 Å². The number of nitrogens with one attached hydrogen (secondary N) is 1. The maximum Gasteiger partial charge on any atom is 0.343 e. The van der Waals surface area contributed by atoms with Gasteiger partial charge in [-0.1, -0.05) is 0 Å². The van der Waals surface area contributed by atoms with Crippen LogP contribution in [0, 0.1) is 0 Å². The zero-order chi connectivity index (χ0) is 11.5. The second-order valence-electron chi connectivity index (χ2n) is 3.03. The molecule has 0 atom stereocenters. The molecule has 2 aromatic rings. The molecule has 0 radical (unpaired) electrons. The van der Waals surface area contributed by atoms with Gasteiger partial charge in [0, 0.05) is 12.3 Å². The standard InChI is InChI=1S/C9H11N5O2/c1-2-16-9(15)6-5-14(13-8(6)10)7-3-4-11-12-7/h3-5H,2H2,1H3,(H2,10,13)(H,11,12). The minimum absolute atomic E-state index is 0.132. The molecule has 0 aliphatic heterocycles. The zero-order valence-corrected chi connectivity index (χ0v) is 8.67. The Morgan fingerprint density at radius 1 is 1.69 bits per heavy atom. The summed E-state index contributed by atoms with van der Waals surface area (Å²) in [5.41, 5.74) is 5.86. The molecule has 0 amide bonds. The molecular formula is C9H11N5O2. The zero-order valence-electron chi connectivity index (χ0n) is 8.67. The van der Waals surface area contributed by atoms with Gasteiger partial charge in [-0.3, -0.25) is 5.10 Å².